The highest BCUT2D eigenvalue weighted by molar-refractivity contribution is 7.92. The van der Waals surface area contributed by atoms with Gasteiger partial charge < -0.3 is 15.4 Å². The van der Waals surface area contributed by atoms with E-state index >= 15 is 0 Å². The van der Waals surface area contributed by atoms with E-state index in [-0.39, 0.29) is 16.8 Å². The average Bonchev–Trinajstić information content (AvgIpc) is 3.08. The summed E-state index contributed by atoms with van der Waals surface area (Å²) in [7, 11) is -2.40. The Balaban J connectivity index is 1.85. The van der Waals surface area contributed by atoms with Crippen molar-refractivity contribution in [2.45, 2.75) is 17.4 Å². The lowest BCUT2D eigenvalue weighted by molar-refractivity contribution is 0.0790. The Kier molecular flexibility index (Phi) is 5.15. The highest BCUT2D eigenvalue weighted by Crippen LogP contribution is 2.26. The van der Waals surface area contributed by atoms with Crippen LogP contribution in [0.3, 0.4) is 0 Å². The summed E-state index contributed by atoms with van der Waals surface area (Å²) in [6.45, 7) is 1.06. The highest BCUT2D eigenvalue weighted by Gasteiger charge is 2.25. The predicted molar refractivity (Wildman–Crippen MR) is 98.7 cm³/mol. The second-order valence-corrected chi connectivity index (χ2v) is 7.82. The Morgan fingerprint density at radius 2 is 2.00 bits per heavy atom. The lowest BCUT2D eigenvalue weighted by atomic mass is 10.2. The molecule has 0 bridgehead atoms. The van der Waals surface area contributed by atoms with E-state index in [2.05, 4.69) is 4.72 Å². The van der Waals surface area contributed by atoms with E-state index in [1.54, 1.807) is 41.3 Å². The fraction of sp³-hybridized carbons (Fsp3) is 0.278. The minimum Gasteiger partial charge on any atom is -0.495 e. The molecule has 138 valence electrons. The molecular weight excluding hydrogens is 354 g/mol. The summed E-state index contributed by atoms with van der Waals surface area (Å²) in [5.74, 6) is 0.196. The third kappa shape index (κ3) is 3.81. The number of amides is 1. The first-order valence-corrected chi connectivity index (χ1v) is 9.70. The van der Waals surface area contributed by atoms with Crippen LogP contribution in [0.15, 0.2) is 53.4 Å². The lowest BCUT2D eigenvalue weighted by Gasteiger charge is -2.16. The second-order valence-electron chi connectivity index (χ2n) is 6.13. The number of carbonyl (C=O) groups excluding carboxylic acids is 1. The summed E-state index contributed by atoms with van der Waals surface area (Å²) in [6.07, 6.45) is 0.749. The molecule has 8 heteroatoms. The molecule has 0 saturated carbocycles. The van der Waals surface area contributed by atoms with Crippen LogP contribution in [0.5, 0.6) is 5.75 Å². The summed E-state index contributed by atoms with van der Waals surface area (Å²) in [4.78, 5) is 14.2. The van der Waals surface area contributed by atoms with Crippen LogP contribution in [0.2, 0.25) is 0 Å². The number of benzene rings is 2. The zero-order valence-corrected chi connectivity index (χ0v) is 15.2. The Morgan fingerprint density at radius 3 is 2.69 bits per heavy atom. The van der Waals surface area contributed by atoms with Gasteiger partial charge in [0, 0.05) is 24.7 Å². The number of anilines is 1. The fourth-order valence-corrected chi connectivity index (χ4v) is 4.00. The predicted octanol–water partition coefficient (Wildman–Crippen LogP) is 1.67. The quantitative estimate of drug-likeness (QED) is 0.828. The number of nitrogens with one attached hydrogen (secondary N) is 1. The minimum absolute atomic E-state index is 0.0118. The van der Waals surface area contributed by atoms with Gasteiger partial charge in [0.2, 0.25) is 0 Å². The number of hydrogen-bond acceptors (Lipinski definition) is 5. The molecule has 0 radical (unpaired) electrons. The molecule has 1 amide bonds. The average molecular weight is 375 g/mol. The van der Waals surface area contributed by atoms with E-state index in [9.17, 15) is 13.2 Å². The minimum atomic E-state index is -3.86. The molecule has 1 fully saturated rings. The van der Waals surface area contributed by atoms with Crippen molar-refractivity contribution in [2.75, 3.05) is 24.9 Å². The molecule has 0 aromatic heterocycles. The molecule has 1 heterocycles. The standard InChI is InChI=1S/C18H21N3O4S/c1-25-17-8-3-2-7-16(17)20-26(23,24)15-6-4-5-13(11-15)18(22)21-10-9-14(19)12-21/h2-8,11,14,20H,9-10,12,19H2,1H3/t14-/m1/s1. The Labute approximate surface area is 152 Å². The first kappa shape index (κ1) is 18.2. The van der Waals surface area contributed by atoms with Crippen LogP contribution in [-0.4, -0.2) is 45.5 Å². The number of nitrogens with zero attached hydrogens (tertiary/aromatic N) is 1. The Morgan fingerprint density at radius 1 is 1.23 bits per heavy atom. The molecule has 7 nitrogen and oxygen atoms in total. The summed E-state index contributed by atoms with van der Waals surface area (Å²) >= 11 is 0. The van der Waals surface area contributed by atoms with Crippen molar-refractivity contribution < 1.29 is 17.9 Å². The van der Waals surface area contributed by atoms with Gasteiger partial charge in [-0.05, 0) is 36.8 Å². The zero-order valence-electron chi connectivity index (χ0n) is 14.4. The zero-order chi connectivity index (χ0) is 18.7. The summed E-state index contributed by atoms with van der Waals surface area (Å²) in [6, 6.07) is 12.7. The lowest BCUT2D eigenvalue weighted by Crippen LogP contribution is -2.32. The van der Waals surface area contributed by atoms with E-state index in [0.29, 0.717) is 30.1 Å². The van der Waals surface area contributed by atoms with Gasteiger partial charge in [-0.15, -0.1) is 0 Å². The van der Waals surface area contributed by atoms with Crippen molar-refractivity contribution in [3.05, 3.63) is 54.1 Å². The van der Waals surface area contributed by atoms with Gasteiger partial charge in [0.25, 0.3) is 15.9 Å². The maximum Gasteiger partial charge on any atom is 0.262 e. The number of hydrogen-bond donors (Lipinski definition) is 2. The number of likely N-dealkylation sites (tertiary alicyclic amines) is 1. The smallest absolute Gasteiger partial charge is 0.262 e. The fourth-order valence-electron chi connectivity index (χ4n) is 2.88. The van der Waals surface area contributed by atoms with Crippen LogP contribution in [-0.2, 0) is 10.0 Å². The number of ether oxygens (including phenoxy) is 1. The molecular formula is C18H21N3O4S. The van der Waals surface area contributed by atoms with Gasteiger partial charge in [-0.2, -0.15) is 0 Å². The third-order valence-electron chi connectivity index (χ3n) is 4.25. The third-order valence-corrected chi connectivity index (χ3v) is 5.62. The SMILES string of the molecule is COc1ccccc1NS(=O)(=O)c1cccc(C(=O)N2CC[C@@H](N)C2)c1. The summed E-state index contributed by atoms with van der Waals surface area (Å²) < 4.78 is 33.1. The molecule has 0 spiro atoms. The number of para-hydroxylation sites is 2. The van der Waals surface area contributed by atoms with Gasteiger partial charge >= 0.3 is 0 Å². The molecule has 3 N–H and O–H groups in total. The number of sulfonamides is 1. The molecule has 2 aromatic carbocycles. The number of methoxy groups -OCH3 is 1. The number of rotatable bonds is 5. The van der Waals surface area contributed by atoms with E-state index in [1.807, 2.05) is 0 Å². The van der Waals surface area contributed by atoms with Crippen LogP contribution < -0.4 is 15.2 Å². The highest BCUT2D eigenvalue weighted by atomic mass is 32.2. The first-order chi connectivity index (χ1) is 12.4. The van der Waals surface area contributed by atoms with Crippen LogP contribution >= 0.6 is 0 Å². The summed E-state index contributed by atoms with van der Waals surface area (Å²) in [5, 5.41) is 0. The van der Waals surface area contributed by atoms with Crippen molar-refractivity contribution >= 4 is 21.6 Å². The van der Waals surface area contributed by atoms with E-state index in [0.717, 1.165) is 6.42 Å². The second kappa shape index (κ2) is 7.35. The normalized spacial score (nSPS) is 17.2. The maximum atomic E-state index is 12.7. The van der Waals surface area contributed by atoms with Crippen LogP contribution in [0.4, 0.5) is 5.69 Å². The molecule has 2 aromatic rings. The van der Waals surface area contributed by atoms with Crippen molar-refractivity contribution in [3.63, 3.8) is 0 Å². The Bertz CT molecular complexity index is 914. The Hall–Kier alpha value is -2.58. The molecule has 0 aliphatic carbocycles. The van der Waals surface area contributed by atoms with E-state index in [4.69, 9.17) is 10.5 Å². The molecule has 1 atom stereocenters. The van der Waals surface area contributed by atoms with Crippen LogP contribution in [0.1, 0.15) is 16.8 Å². The van der Waals surface area contributed by atoms with Crippen LogP contribution in [0, 0.1) is 0 Å². The number of carbonyl (C=O) groups is 1. The van der Waals surface area contributed by atoms with Gasteiger partial charge in [0.1, 0.15) is 5.75 Å². The van der Waals surface area contributed by atoms with Crippen molar-refractivity contribution in [1.29, 1.82) is 0 Å². The van der Waals surface area contributed by atoms with Crippen LogP contribution in [0.25, 0.3) is 0 Å². The molecule has 1 saturated heterocycles. The largest absolute Gasteiger partial charge is 0.495 e. The van der Waals surface area contributed by atoms with Crippen molar-refractivity contribution in [3.8, 4) is 5.75 Å². The van der Waals surface area contributed by atoms with Gasteiger partial charge in [-0.25, -0.2) is 8.42 Å². The van der Waals surface area contributed by atoms with Gasteiger partial charge in [-0.1, -0.05) is 18.2 Å². The molecule has 26 heavy (non-hydrogen) atoms. The molecule has 1 aliphatic rings. The topological polar surface area (TPSA) is 102 Å². The monoisotopic (exact) mass is 375 g/mol. The van der Waals surface area contributed by atoms with Crippen molar-refractivity contribution in [2.24, 2.45) is 5.73 Å². The summed E-state index contributed by atoms with van der Waals surface area (Å²) in [5.41, 5.74) is 6.49. The van der Waals surface area contributed by atoms with Gasteiger partial charge in [0.05, 0.1) is 17.7 Å². The molecule has 3 rings (SSSR count). The maximum absolute atomic E-state index is 12.7. The molecule has 0 unspecified atom stereocenters. The first-order valence-electron chi connectivity index (χ1n) is 8.21. The van der Waals surface area contributed by atoms with E-state index < -0.39 is 10.0 Å². The van der Waals surface area contributed by atoms with E-state index in [1.165, 1.54) is 19.2 Å². The molecule has 1 aliphatic heterocycles. The number of nitrogens with two attached hydrogens (primary N) is 1. The van der Waals surface area contributed by atoms with Gasteiger partial charge in [0.15, 0.2) is 0 Å². The van der Waals surface area contributed by atoms with Gasteiger partial charge in [-0.3, -0.25) is 9.52 Å². The van der Waals surface area contributed by atoms with Crippen molar-refractivity contribution in [1.82, 2.24) is 4.90 Å².